The number of amides is 1. The number of rotatable bonds is 3. The SMILES string of the molecule is COc1cc(N2CC(S(N)(=O)=O)CC2=O)ccn1. The van der Waals surface area contributed by atoms with Crippen LogP contribution in [0.25, 0.3) is 0 Å². The van der Waals surface area contributed by atoms with Gasteiger partial charge in [0.05, 0.1) is 12.8 Å². The lowest BCUT2D eigenvalue weighted by Gasteiger charge is -2.16. The van der Waals surface area contributed by atoms with E-state index in [1.165, 1.54) is 18.2 Å². The van der Waals surface area contributed by atoms with Crippen molar-refractivity contribution in [1.29, 1.82) is 0 Å². The lowest BCUT2D eigenvalue weighted by atomic mass is 10.3. The lowest BCUT2D eigenvalue weighted by molar-refractivity contribution is -0.117. The zero-order valence-electron chi connectivity index (χ0n) is 9.74. The first-order valence-corrected chi connectivity index (χ1v) is 6.85. The summed E-state index contributed by atoms with van der Waals surface area (Å²) in [5, 5.41) is 4.20. The van der Waals surface area contributed by atoms with Crippen LogP contribution in [0.1, 0.15) is 6.42 Å². The fourth-order valence-corrected chi connectivity index (χ4v) is 2.55. The van der Waals surface area contributed by atoms with Crippen molar-refractivity contribution in [3.8, 4) is 5.88 Å². The number of hydrogen-bond acceptors (Lipinski definition) is 5. The number of nitrogens with two attached hydrogens (primary N) is 1. The van der Waals surface area contributed by atoms with Gasteiger partial charge in [-0.1, -0.05) is 0 Å². The Bertz CT molecular complexity index is 572. The normalized spacial score (nSPS) is 20.2. The number of anilines is 1. The molecule has 0 spiro atoms. The summed E-state index contributed by atoms with van der Waals surface area (Å²) in [6, 6.07) is 3.19. The van der Waals surface area contributed by atoms with Crippen molar-refractivity contribution in [1.82, 2.24) is 4.98 Å². The smallest absolute Gasteiger partial charge is 0.228 e. The molecule has 2 rings (SSSR count). The molecule has 1 amide bonds. The highest BCUT2D eigenvalue weighted by molar-refractivity contribution is 7.89. The molecule has 1 unspecified atom stereocenters. The second kappa shape index (κ2) is 4.54. The van der Waals surface area contributed by atoms with Gasteiger partial charge in [-0.3, -0.25) is 4.79 Å². The van der Waals surface area contributed by atoms with Gasteiger partial charge in [-0.2, -0.15) is 0 Å². The summed E-state index contributed by atoms with van der Waals surface area (Å²) in [6.07, 6.45) is 1.40. The summed E-state index contributed by atoms with van der Waals surface area (Å²) in [5.41, 5.74) is 0.554. The molecule has 0 aromatic carbocycles. The number of aromatic nitrogens is 1. The van der Waals surface area contributed by atoms with Gasteiger partial charge in [0.1, 0.15) is 5.25 Å². The standard InChI is InChI=1S/C10H13N3O4S/c1-17-9-4-7(2-3-12-9)13-6-8(5-10(13)14)18(11,15)16/h2-4,8H,5-6H2,1H3,(H2,11,15,16). The van der Waals surface area contributed by atoms with Crippen LogP contribution in [-0.2, 0) is 14.8 Å². The Balaban J connectivity index is 2.27. The van der Waals surface area contributed by atoms with Crippen LogP contribution in [0, 0.1) is 0 Å². The molecule has 98 valence electrons. The summed E-state index contributed by atoms with van der Waals surface area (Å²) in [5.74, 6) is 0.0848. The summed E-state index contributed by atoms with van der Waals surface area (Å²) in [7, 11) is -2.24. The Hall–Kier alpha value is -1.67. The summed E-state index contributed by atoms with van der Waals surface area (Å²) in [6.45, 7) is 0.0604. The van der Waals surface area contributed by atoms with Gasteiger partial charge >= 0.3 is 0 Å². The minimum atomic E-state index is -3.70. The highest BCUT2D eigenvalue weighted by Crippen LogP contribution is 2.25. The summed E-state index contributed by atoms with van der Waals surface area (Å²) < 4.78 is 27.4. The van der Waals surface area contributed by atoms with Gasteiger partial charge in [0, 0.05) is 25.2 Å². The van der Waals surface area contributed by atoms with Crippen LogP contribution in [0.5, 0.6) is 5.88 Å². The number of ether oxygens (including phenoxy) is 1. The molecule has 1 fully saturated rings. The number of nitrogens with zero attached hydrogens (tertiary/aromatic N) is 2. The summed E-state index contributed by atoms with van der Waals surface area (Å²) >= 11 is 0. The van der Waals surface area contributed by atoms with E-state index in [-0.39, 0.29) is 18.9 Å². The first-order valence-electron chi connectivity index (χ1n) is 5.24. The van der Waals surface area contributed by atoms with Crippen molar-refractivity contribution in [2.45, 2.75) is 11.7 Å². The van der Waals surface area contributed by atoms with Crippen LogP contribution in [-0.4, -0.2) is 38.2 Å². The minimum absolute atomic E-state index is 0.0604. The van der Waals surface area contributed by atoms with Crippen LogP contribution < -0.4 is 14.8 Å². The van der Waals surface area contributed by atoms with E-state index >= 15 is 0 Å². The molecule has 1 aromatic heterocycles. The minimum Gasteiger partial charge on any atom is -0.481 e. The van der Waals surface area contributed by atoms with Crippen LogP contribution >= 0.6 is 0 Å². The molecule has 2 heterocycles. The Kier molecular flexibility index (Phi) is 3.22. The van der Waals surface area contributed by atoms with Crippen LogP contribution in [0.4, 0.5) is 5.69 Å². The molecule has 0 aliphatic carbocycles. The molecule has 1 atom stereocenters. The maximum absolute atomic E-state index is 11.8. The van der Waals surface area contributed by atoms with Crippen molar-refractivity contribution in [3.63, 3.8) is 0 Å². The third-order valence-electron chi connectivity index (χ3n) is 2.79. The van der Waals surface area contributed by atoms with Crippen molar-refractivity contribution >= 4 is 21.6 Å². The Labute approximate surface area is 105 Å². The van der Waals surface area contributed by atoms with Crippen molar-refractivity contribution in [3.05, 3.63) is 18.3 Å². The predicted molar refractivity (Wildman–Crippen MR) is 64.7 cm³/mol. The molecule has 1 aliphatic rings. The third kappa shape index (κ3) is 2.44. The van der Waals surface area contributed by atoms with Crippen molar-refractivity contribution < 1.29 is 17.9 Å². The van der Waals surface area contributed by atoms with E-state index in [1.807, 2.05) is 0 Å². The molecule has 18 heavy (non-hydrogen) atoms. The first-order chi connectivity index (χ1) is 8.41. The number of pyridine rings is 1. The van der Waals surface area contributed by atoms with Crippen LogP contribution in [0.3, 0.4) is 0 Å². The zero-order chi connectivity index (χ0) is 13.3. The largest absolute Gasteiger partial charge is 0.481 e. The molecule has 0 bridgehead atoms. The van der Waals surface area contributed by atoms with E-state index in [2.05, 4.69) is 4.98 Å². The number of methoxy groups -OCH3 is 1. The number of hydrogen-bond donors (Lipinski definition) is 1. The van der Waals surface area contributed by atoms with Gasteiger partial charge in [0.15, 0.2) is 0 Å². The first kappa shape index (κ1) is 12.8. The summed E-state index contributed by atoms with van der Waals surface area (Å²) in [4.78, 5) is 17.1. The van der Waals surface area contributed by atoms with Crippen LogP contribution in [0.15, 0.2) is 18.3 Å². The Morgan fingerprint density at radius 2 is 2.28 bits per heavy atom. The topological polar surface area (TPSA) is 103 Å². The second-order valence-electron chi connectivity index (χ2n) is 3.98. The van der Waals surface area contributed by atoms with Gasteiger partial charge in [-0.15, -0.1) is 0 Å². The molecular formula is C10H13N3O4S. The van der Waals surface area contributed by atoms with Gasteiger partial charge in [0.25, 0.3) is 0 Å². The number of carbonyl (C=O) groups excluding carboxylic acids is 1. The van der Waals surface area contributed by atoms with Crippen molar-refractivity contribution in [2.24, 2.45) is 5.14 Å². The van der Waals surface area contributed by atoms with E-state index in [9.17, 15) is 13.2 Å². The van der Waals surface area contributed by atoms with Gasteiger partial charge in [-0.25, -0.2) is 18.5 Å². The van der Waals surface area contributed by atoms with E-state index < -0.39 is 15.3 Å². The molecule has 0 saturated carbocycles. The Morgan fingerprint density at radius 3 is 2.83 bits per heavy atom. The maximum atomic E-state index is 11.8. The Morgan fingerprint density at radius 1 is 1.56 bits per heavy atom. The van der Waals surface area contributed by atoms with Crippen molar-refractivity contribution in [2.75, 3.05) is 18.6 Å². The van der Waals surface area contributed by atoms with E-state index in [4.69, 9.17) is 9.88 Å². The average molecular weight is 271 g/mol. The zero-order valence-corrected chi connectivity index (χ0v) is 10.6. The molecule has 8 heteroatoms. The van der Waals surface area contributed by atoms with Gasteiger partial charge < -0.3 is 9.64 Å². The number of carbonyl (C=O) groups is 1. The van der Waals surface area contributed by atoms with E-state index in [0.717, 1.165) is 0 Å². The molecule has 7 nitrogen and oxygen atoms in total. The predicted octanol–water partition coefficient (Wildman–Crippen LogP) is -0.516. The third-order valence-corrected chi connectivity index (χ3v) is 4.04. The highest BCUT2D eigenvalue weighted by atomic mass is 32.2. The monoisotopic (exact) mass is 271 g/mol. The van der Waals surface area contributed by atoms with Gasteiger partial charge in [0.2, 0.25) is 21.8 Å². The molecule has 2 N–H and O–H groups in total. The molecule has 1 aliphatic heterocycles. The molecule has 0 radical (unpaired) electrons. The quantitative estimate of drug-likeness (QED) is 0.797. The van der Waals surface area contributed by atoms with E-state index in [0.29, 0.717) is 11.6 Å². The van der Waals surface area contributed by atoms with Crippen LogP contribution in [0.2, 0.25) is 0 Å². The fourth-order valence-electron chi connectivity index (χ4n) is 1.82. The molecule has 1 aromatic rings. The average Bonchev–Trinajstić information content (AvgIpc) is 2.71. The molecular weight excluding hydrogens is 258 g/mol. The number of primary sulfonamides is 1. The number of sulfonamides is 1. The van der Waals surface area contributed by atoms with Gasteiger partial charge in [-0.05, 0) is 6.07 Å². The molecule has 1 saturated heterocycles. The maximum Gasteiger partial charge on any atom is 0.228 e. The second-order valence-corrected chi connectivity index (χ2v) is 5.82. The fraction of sp³-hybridized carbons (Fsp3) is 0.400. The van der Waals surface area contributed by atoms with E-state index in [1.54, 1.807) is 12.1 Å². The highest BCUT2D eigenvalue weighted by Gasteiger charge is 2.37. The lowest BCUT2D eigenvalue weighted by Crippen LogP contribution is -2.32.